The minimum atomic E-state index is 0.333. The molecule has 0 heterocycles. The van der Waals surface area contributed by atoms with Crippen LogP contribution in [0.1, 0.15) is 72.1 Å². The second-order valence-electron chi connectivity index (χ2n) is 9.08. The highest BCUT2D eigenvalue weighted by Crippen LogP contribution is 2.66. The number of fused-ring (bicyclic) bond motifs is 5. The number of hydrogen-bond acceptors (Lipinski definition) is 1. The maximum atomic E-state index is 11.9. The lowest BCUT2D eigenvalue weighted by Crippen LogP contribution is -2.51. The van der Waals surface area contributed by atoms with Crippen LogP contribution in [0.5, 0.6) is 0 Å². The number of hydrogen-bond donors (Lipinski definition) is 0. The Labute approximate surface area is 129 Å². The summed E-state index contributed by atoms with van der Waals surface area (Å²) in [5.41, 5.74) is 2.49. The van der Waals surface area contributed by atoms with Gasteiger partial charge >= 0.3 is 0 Å². The first-order valence-corrected chi connectivity index (χ1v) is 9.19. The first kappa shape index (κ1) is 14.0. The van der Waals surface area contributed by atoms with Gasteiger partial charge in [0.2, 0.25) is 0 Å². The first-order chi connectivity index (χ1) is 9.94. The molecule has 6 atom stereocenters. The zero-order valence-electron chi connectivity index (χ0n) is 14.0. The summed E-state index contributed by atoms with van der Waals surface area (Å²) < 4.78 is 0. The van der Waals surface area contributed by atoms with E-state index >= 15 is 0 Å². The van der Waals surface area contributed by atoms with Crippen LogP contribution in [0.15, 0.2) is 11.6 Å². The smallest absolute Gasteiger partial charge is 0.155 e. The topological polar surface area (TPSA) is 17.1 Å². The molecule has 21 heavy (non-hydrogen) atoms. The molecule has 0 spiro atoms. The SMILES string of the molecule is CC1CC2C(CCC3(C)CCC[C@@H]23)C2(C)CCC(=O)C=C12. The molecule has 0 aliphatic heterocycles. The molecule has 0 aromatic carbocycles. The molecule has 3 saturated carbocycles. The molecule has 116 valence electrons. The van der Waals surface area contributed by atoms with E-state index in [0.29, 0.717) is 22.5 Å². The van der Waals surface area contributed by atoms with Crippen molar-refractivity contribution in [1.29, 1.82) is 0 Å². The van der Waals surface area contributed by atoms with Gasteiger partial charge in [-0.3, -0.25) is 4.79 Å². The van der Waals surface area contributed by atoms with Gasteiger partial charge in [-0.25, -0.2) is 0 Å². The van der Waals surface area contributed by atoms with Gasteiger partial charge in [0.15, 0.2) is 5.78 Å². The zero-order valence-corrected chi connectivity index (χ0v) is 14.0. The summed E-state index contributed by atoms with van der Waals surface area (Å²) in [6, 6.07) is 0. The minimum Gasteiger partial charge on any atom is -0.295 e. The van der Waals surface area contributed by atoms with Crippen LogP contribution in [0.3, 0.4) is 0 Å². The Morgan fingerprint density at radius 2 is 1.90 bits per heavy atom. The van der Waals surface area contributed by atoms with E-state index in [1.807, 2.05) is 6.08 Å². The summed E-state index contributed by atoms with van der Waals surface area (Å²) in [4.78, 5) is 11.9. The van der Waals surface area contributed by atoms with Crippen molar-refractivity contribution in [3.63, 3.8) is 0 Å². The van der Waals surface area contributed by atoms with Gasteiger partial charge in [-0.2, -0.15) is 0 Å². The van der Waals surface area contributed by atoms with Crippen molar-refractivity contribution in [3.05, 3.63) is 11.6 Å². The zero-order chi connectivity index (χ0) is 14.8. The van der Waals surface area contributed by atoms with Crippen molar-refractivity contribution in [2.45, 2.75) is 72.1 Å². The minimum absolute atomic E-state index is 0.333. The molecular weight excluding hydrogens is 256 g/mol. The van der Waals surface area contributed by atoms with Gasteiger partial charge < -0.3 is 0 Å². The number of ketones is 1. The third-order valence-corrected chi connectivity index (χ3v) is 8.06. The Kier molecular flexibility index (Phi) is 2.98. The van der Waals surface area contributed by atoms with E-state index in [-0.39, 0.29) is 0 Å². The molecule has 4 rings (SSSR count). The van der Waals surface area contributed by atoms with Crippen molar-refractivity contribution in [3.8, 4) is 0 Å². The molecule has 0 aromatic rings. The second-order valence-corrected chi connectivity index (χ2v) is 9.08. The van der Waals surface area contributed by atoms with Crippen LogP contribution in [-0.2, 0) is 4.79 Å². The van der Waals surface area contributed by atoms with Crippen LogP contribution in [-0.4, -0.2) is 5.78 Å². The average molecular weight is 286 g/mol. The van der Waals surface area contributed by atoms with Gasteiger partial charge in [0.05, 0.1) is 0 Å². The summed E-state index contributed by atoms with van der Waals surface area (Å²) >= 11 is 0. The van der Waals surface area contributed by atoms with Crippen molar-refractivity contribution in [1.82, 2.24) is 0 Å². The second kappa shape index (κ2) is 4.46. The van der Waals surface area contributed by atoms with Gasteiger partial charge in [-0.15, -0.1) is 0 Å². The fourth-order valence-corrected chi connectivity index (χ4v) is 6.98. The third-order valence-electron chi connectivity index (χ3n) is 8.06. The number of carbonyl (C=O) groups is 1. The van der Waals surface area contributed by atoms with Crippen LogP contribution in [0.4, 0.5) is 0 Å². The molecule has 0 aromatic heterocycles. The standard InChI is InChI=1S/C20H30O/c1-13-11-15-16-5-4-8-19(16,2)9-7-17(15)20(3)10-6-14(21)12-18(13)20/h12-13,15-17H,4-11H2,1-3H3/t13?,15?,16-,17?,19?,20?/m0/s1. The lowest BCUT2D eigenvalue weighted by molar-refractivity contribution is -0.117. The van der Waals surface area contributed by atoms with Gasteiger partial charge in [0.25, 0.3) is 0 Å². The number of rotatable bonds is 0. The highest BCUT2D eigenvalue weighted by Gasteiger charge is 2.57. The van der Waals surface area contributed by atoms with E-state index < -0.39 is 0 Å². The number of allylic oxidation sites excluding steroid dienone is 1. The van der Waals surface area contributed by atoms with Crippen LogP contribution >= 0.6 is 0 Å². The third kappa shape index (κ3) is 1.85. The Bertz CT molecular complexity index is 504. The molecule has 3 fully saturated rings. The molecule has 5 unspecified atom stereocenters. The largest absolute Gasteiger partial charge is 0.295 e. The molecular formula is C20H30O. The quantitative estimate of drug-likeness (QED) is 0.601. The summed E-state index contributed by atoms with van der Waals surface area (Å²) in [6.07, 6.45) is 12.5. The average Bonchev–Trinajstić information content (AvgIpc) is 2.83. The number of carbonyl (C=O) groups excluding carboxylic acids is 1. The molecule has 0 bridgehead atoms. The van der Waals surface area contributed by atoms with E-state index in [2.05, 4.69) is 20.8 Å². The molecule has 0 amide bonds. The lowest BCUT2D eigenvalue weighted by Gasteiger charge is -2.59. The molecule has 1 nitrogen and oxygen atoms in total. The monoisotopic (exact) mass is 286 g/mol. The molecule has 0 radical (unpaired) electrons. The fourth-order valence-electron chi connectivity index (χ4n) is 6.98. The summed E-state index contributed by atoms with van der Waals surface area (Å²) in [6.45, 7) is 7.46. The van der Waals surface area contributed by atoms with Crippen molar-refractivity contribution in [2.24, 2.45) is 34.5 Å². The van der Waals surface area contributed by atoms with Gasteiger partial charge in [-0.1, -0.05) is 32.8 Å². The summed E-state index contributed by atoms with van der Waals surface area (Å²) in [7, 11) is 0. The lowest BCUT2D eigenvalue weighted by atomic mass is 9.46. The predicted octanol–water partition coefficient (Wildman–Crippen LogP) is 5.15. The van der Waals surface area contributed by atoms with E-state index in [9.17, 15) is 4.79 Å². The maximum Gasteiger partial charge on any atom is 0.155 e. The van der Waals surface area contributed by atoms with E-state index in [1.54, 1.807) is 0 Å². The van der Waals surface area contributed by atoms with Crippen LogP contribution in [0.25, 0.3) is 0 Å². The van der Waals surface area contributed by atoms with E-state index in [0.717, 1.165) is 30.6 Å². The van der Waals surface area contributed by atoms with Crippen molar-refractivity contribution < 1.29 is 4.79 Å². The van der Waals surface area contributed by atoms with Gasteiger partial charge in [-0.05, 0) is 79.1 Å². The summed E-state index contributed by atoms with van der Waals surface area (Å²) in [5.74, 6) is 3.76. The van der Waals surface area contributed by atoms with Crippen molar-refractivity contribution >= 4 is 5.78 Å². The molecule has 0 N–H and O–H groups in total. The summed E-state index contributed by atoms with van der Waals surface area (Å²) in [5, 5.41) is 0. The Balaban J connectivity index is 1.73. The Morgan fingerprint density at radius 3 is 2.71 bits per heavy atom. The Hall–Kier alpha value is -0.590. The molecule has 1 heteroatoms. The highest BCUT2D eigenvalue weighted by molar-refractivity contribution is 5.91. The van der Waals surface area contributed by atoms with Crippen LogP contribution < -0.4 is 0 Å². The normalized spacial score (nSPS) is 52.7. The predicted molar refractivity (Wildman–Crippen MR) is 85.9 cm³/mol. The molecule has 4 aliphatic carbocycles. The van der Waals surface area contributed by atoms with E-state index in [4.69, 9.17) is 0 Å². The van der Waals surface area contributed by atoms with Gasteiger partial charge in [0, 0.05) is 6.42 Å². The van der Waals surface area contributed by atoms with Crippen LogP contribution in [0.2, 0.25) is 0 Å². The van der Waals surface area contributed by atoms with E-state index in [1.165, 1.54) is 44.1 Å². The highest BCUT2D eigenvalue weighted by atomic mass is 16.1. The Morgan fingerprint density at radius 1 is 1.10 bits per heavy atom. The fraction of sp³-hybridized carbons (Fsp3) is 0.850. The molecule has 4 aliphatic rings. The van der Waals surface area contributed by atoms with Crippen molar-refractivity contribution in [2.75, 3.05) is 0 Å². The first-order valence-electron chi connectivity index (χ1n) is 9.19. The maximum absolute atomic E-state index is 11.9. The van der Waals surface area contributed by atoms with Gasteiger partial charge in [0.1, 0.15) is 0 Å². The van der Waals surface area contributed by atoms with Crippen LogP contribution in [0, 0.1) is 34.5 Å². The molecule has 0 saturated heterocycles.